The maximum Gasteiger partial charge on any atom is 0.256 e. The zero-order chi connectivity index (χ0) is 15.9. The summed E-state index contributed by atoms with van der Waals surface area (Å²) in [6.45, 7) is 5.79. The number of carbonyl (C=O) groups excluding carboxylic acids is 1. The molecule has 1 rings (SSSR count). The van der Waals surface area contributed by atoms with E-state index in [1.54, 1.807) is 26.4 Å². The van der Waals surface area contributed by atoms with Gasteiger partial charge in [-0.05, 0) is 26.3 Å². The highest BCUT2D eigenvalue weighted by atomic mass is 16.5. The van der Waals surface area contributed by atoms with Crippen molar-refractivity contribution in [2.24, 2.45) is 0 Å². The van der Waals surface area contributed by atoms with Gasteiger partial charge in [-0.15, -0.1) is 0 Å². The monoisotopic (exact) mass is 294 g/mol. The van der Waals surface area contributed by atoms with Crippen molar-refractivity contribution in [2.75, 3.05) is 19.5 Å². The van der Waals surface area contributed by atoms with Crippen LogP contribution in [0.3, 0.4) is 0 Å². The average molecular weight is 294 g/mol. The van der Waals surface area contributed by atoms with Crippen molar-refractivity contribution >= 4 is 11.6 Å². The molecule has 0 saturated carbocycles. The van der Waals surface area contributed by atoms with E-state index in [9.17, 15) is 4.79 Å². The SMILES string of the molecule is CCCCCC(C)(OC)C(=O)Nc1ccc(OC)nc1C. The van der Waals surface area contributed by atoms with Crippen LogP contribution in [0.2, 0.25) is 0 Å². The Morgan fingerprint density at radius 2 is 2.05 bits per heavy atom. The summed E-state index contributed by atoms with van der Waals surface area (Å²) in [6.07, 6.45) is 3.87. The van der Waals surface area contributed by atoms with Crippen molar-refractivity contribution in [1.29, 1.82) is 0 Å². The summed E-state index contributed by atoms with van der Waals surface area (Å²) in [7, 11) is 3.14. The summed E-state index contributed by atoms with van der Waals surface area (Å²) in [5.74, 6) is 0.388. The van der Waals surface area contributed by atoms with Gasteiger partial charge in [0.2, 0.25) is 5.88 Å². The minimum Gasteiger partial charge on any atom is -0.481 e. The molecule has 1 aromatic rings. The predicted octanol–water partition coefficient (Wildman–Crippen LogP) is 3.32. The molecule has 1 N–H and O–H groups in total. The molecule has 21 heavy (non-hydrogen) atoms. The van der Waals surface area contributed by atoms with E-state index in [1.807, 2.05) is 13.8 Å². The first-order valence-electron chi connectivity index (χ1n) is 7.35. The highest BCUT2D eigenvalue weighted by Gasteiger charge is 2.32. The predicted molar refractivity (Wildman–Crippen MR) is 83.7 cm³/mol. The van der Waals surface area contributed by atoms with Gasteiger partial charge in [0.25, 0.3) is 5.91 Å². The highest BCUT2D eigenvalue weighted by Crippen LogP contribution is 2.23. The van der Waals surface area contributed by atoms with Crippen molar-refractivity contribution in [3.8, 4) is 5.88 Å². The molecular weight excluding hydrogens is 268 g/mol. The molecule has 0 aliphatic rings. The fraction of sp³-hybridized carbons (Fsp3) is 0.625. The second kappa shape index (κ2) is 7.98. The number of ether oxygens (including phenoxy) is 2. The molecule has 0 aromatic carbocycles. The smallest absolute Gasteiger partial charge is 0.256 e. The molecule has 1 atom stereocenters. The molecule has 0 spiro atoms. The first-order valence-corrected chi connectivity index (χ1v) is 7.35. The topological polar surface area (TPSA) is 60.5 Å². The lowest BCUT2D eigenvalue weighted by Gasteiger charge is -2.27. The first kappa shape index (κ1) is 17.4. The number of pyridine rings is 1. The van der Waals surface area contributed by atoms with Crippen molar-refractivity contribution in [2.45, 2.75) is 52.1 Å². The van der Waals surface area contributed by atoms with Gasteiger partial charge in [0.1, 0.15) is 5.60 Å². The van der Waals surface area contributed by atoms with Crippen LogP contribution in [0.4, 0.5) is 5.69 Å². The van der Waals surface area contributed by atoms with E-state index in [2.05, 4.69) is 17.2 Å². The molecule has 0 aliphatic heterocycles. The van der Waals surface area contributed by atoms with Gasteiger partial charge in [0, 0.05) is 13.2 Å². The van der Waals surface area contributed by atoms with Gasteiger partial charge in [-0.1, -0.05) is 26.2 Å². The van der Waals surface area contributed by atoms with Crippen LogP contribution >= 0.6 is 0 Å². The fourth-order valence-electron chi connectivity index (χ4n) is 2.06. The number of amides is 1. The van der Waals surface area contributed by atoms with Crippen LogP contribution in [0, 0.1) is 6.92 Å². The number of anilines is 1. The third-order valence-corrected chi connectivity index (χ3v) is 3.71. The van der Waals surface area contributed by atoms with Crippen molar-refractivity contribution in [3.63, 3.8) is 0 Å². The number of unbranched alkanes of at least 4 members (excludes halogenated alkanes) is 2. The fourth-order valence-corrected chi connectivity index (χ4v) is 2.06. The summed E-state index contributed by atoms with van der Waals surface area (Å²) >= 11 is 0. The number of aryl methyl sites for hydroxylation is 1. The van der Waals surface area contributed by atoms with Crippen molar-refractivity contribution in [3.05, 3.63) is 17.8 Å². The lowest BCUT2D eigenvalue weighted by Crippen LogP contribution is -2.42. The van der Waals surface area contributed by atoms with Crippen LogP contribution in [0.25, 0.3) is 0 Å². The highest BCUT2D eigenvalue weighted by molar-refractivity contribution is 5.97. The van der Waals surface area contributed by atoms with E-state index in [4.69, 9.17) is 9.47 Å². The largest absolute Gasteiger partial charge is 0.481 e. The Bertz CT molecular complexity index is 477. The standard InChI is InChI=1S/C16H26N2O3/c1-6-7-8-11-16(3,21-5)15(19)18-13-9-10-14(20-4)17-12(13)2/h9-10H,6-8,11H2,1-5H3,(H,18,19). The maximum absolute atomic E-state index is 12.5. The molecule has 118 valence electrons. The second-order valence-corrected chi connectivity index (χ2v) is 5.33. The molecule has 1 amide bonds. The Labute approximate surface area is 127 Å². The van der Waals surface area contributed by atoms with Crippen LogP contribution in [-0.2, 0) is 9.53 Å². The van der Waals surface area contributed by atoms with Crippen LogP contribution in [0.15, 0.2) is 12.1 Å². The summed E-state index contributed by atoms with van der Waals surface area (Å²) in [5.41, 5.74) is 0.580. The maximum atomic E-state index is 12.5. The Kier molecular flexibility index (Phi) is 6.62. The number of nitrogens with one attached hydrogen (secondary N) is 1. The van der Waals surface area contributed by atoms with E-state index >= 15 is 0 Å². The van der Waals surface area contributed by atoms with Crippen molar-refractivity contribution in [1.82, 2.24) is 4.98 Å². The number of nitrogens with zero attached hydrogens (tertiary/aromatic N) is 1. The summed E-state index contributed by atoms with van der Waals surface area (Å²) in [5, 5.41) is 2.90. The summed E-state index contributed by atoms with van der Waals surface area (Å²) < 4.78 is 10.5. The summed E-state index contributed by atoms with van der Waals surface area (Å²) in [4.78, 5) is 16.7. The van der Waals surface area contributed by atoms with Crippen LogP contribution in [-0.4, -0.2) is 30.7 Å². The van der Waals surface area contributed by atoms with E-state index < -0.39 is 5.60 Å². The molecule has 0 radical (unpaired) electrons. The number of aromatic nitrogens is 1. The molecule has 1 aromatic heterocycles. The van der Waals surface area contributed by atoms with Gasteiger partial charge in [0.15, 0.2) is 0 Å². The Balaban J connectivity index is 2.77. The van der Waals surface area contributed by atoms with E-state index in [-0.39, 0.29) is 5.91 Å². The normalized spacial score (nSPS) is 13.6. The van der Waals surface area contributed by atoms with Crippen LogP contribution < -0.4 is 10.1 Å². The van der Waals surface area contributed by atoms with Gasteiger partial charge in [-0.2, -0.15) is 0 Å². The van der Waals surface area contributed by atoms with E-state index in [0.717, 1.165) is 25.0 Å². The molecule has 1 unspecified atom stereocenters. The Hall–Kier alpha value is -1.62. The molecule has 5 nitrogen and oxygen atoms in total. The third-order valence-electron chi connectivity index (χ3n) is 3.71. The molecule has 0 aliphatic carbocycles. The molecule has 0 fully saturated rings. The van der Waals surface area contributed by atoms with E-state index in [0.29, 0.717) is 18.0 Å². The Morgan fingerprint density at radius 3 is 2.57 bits per heavy atom. The third kappa shape index (κ3) is 4.70. The van der Waals surface area contributed by atoms with Crippen molar-refractivity contribution < 1.29 is 14.3 Å². The van der Waals surface area contributed by atoms with Gasteiger partial charge >= 0.3 is 0 Å². The number of rotatable bonds is 8. The molecule has 5 heteroatoms. The lowest BCUT2D eigenvalue weighted by atomic mass is 9.97. The van der Waals surface area contributed by atoms with Crippen LogP contribution in [0.5, 0.6) is 5.88 Å². The number of carbonyl (C=O) groups is 1. The van der Waals surface area contributed by atoms with E-state index in [1.165, 1.54) is 0 Å². The Morgan fingerprint density at radius 1 is 1.33 bits per heavy atom. The lowest BCUT2D eigenvalue weighted by molar-refractivity contribution is -0.136. The average Bonchev–Trinajstić information content (AvgIpc) is 2.49. The minimum absolute atomic E-state index is 0.142. The zero-order valence-electron chi connectivity index (χ0n) is 13.7. The molecule has 0 saturated heterocycles. The van der Waals surface area contributed by atoms with Crippen LogP contribution in [0.1, 0.15) is 45.2 Å². The van der Waals surface area contributed by atoms with Gasteiger partial charge in [-0.25, -0.2) is 4.98 Å². The molecular formula is C16H26N2O3. The van der Waals surface area contributed by atoms with Gasteiger partial charge in [0.05, 0.1) is 18.5 Å². The quantitative estimate of drug-likeness (QED) is 0.747. The summed E-state index contributed by atoms with van der Waals surface area (Å²) in [6, 6.07) is 3.52. The minimum atomic E-state index is -0.818. The number of methoxy groups -OCH3 is 2. The first-order chi connectivity index (χ1) is 9.96. The molecule has 1 heterocycles. The number of hydrogen-bond acceptors (Lipinski definition) is 4. The number of hydrogen-bond donors (Lipinski definition) is 1. The van der Waals surface area contributed by atoms with Gasteiger partial charge in [-0.3, -0.25) is 4.79 Å². The second-order valence-electron chi connectivity index (χ2n) is 5.33. The molecule has 0 bridgehead atoms. The van der Waals surface area contributed by atoms with Gasteiger partial charge < -0.3 is 14.8 Å². The zero-order valence-corrected chi connectivity index (χ0v) is 13.7.